The fourth-order valence-electron chi connectivity index (χ4n) is 0.136. The second-order valence-electron chi connectivity index (χ2n) is 1.37. The van der Waals surface area contributed by atoms with Crippen LogP contribution in [0.5, 0.6) is 0 Å². The molecule has 0 radical (unpaired) electrons. The van der Waals surface area contributed by atoms with Gasteiger partial charge in [-0.25, -0.2) is 0 Å². The summed E-state index contributed by atoms with van der Waals surface area (Å²) in [6, 6.07) is 0. The van der Waals surface area contributed by atoms with Crippen LogP contribution in [-0.2, 0) is 4.74 Å². The van der Waals surface area contributed by atoms with Gasteiger partial charge in [0.2, 0.25) is 0 Å². The van der Waals surface area contributed by atoms with E-state index in [2.05, 4.69) is 11.3 Å². The van der Waals surface area contributed by atoms with Gasteiger partial charge in [0, 0.05) is 7.11 Å². The predicted molar refractivity (Wildman–Crippen MR) is 28.2 cm³/mol. The Bertz CT molecular complexity index is 68.5. The van der Waals surface area contributed by atoms with E-state index in [1.165, 1.54) is 7.11 Å². The van der Waals surface area contributed by atoms with E-state index in [1.54, 1.807) is 6.92 Å². The van der Waals surface area contributed by atoms with Crippen LogP contribution in [0.4, 0.5) is 0 Å². The summed E-state index contributed by atoms with van der Waals surface area (Å²) in [7, 11) is 1.52. The number of methoxy groups -OCH3 is 1. The van der Waals surface area contributed by atoms with Crippen LogP contribution < -0.4 is 0 Å². The summed E-state index contributed by atoms with van der Waals surface area (Å²) in [4.78, 5) is 0. The van der Waals surface area contributed by atoms with Crippen LogP contribution in [0.25, 0.3) is 0 Å². The summed E-state index contributed by atoms with van der Waals surface area (Å²) in [5.41, 5.74) is 0. The minimum Gasteiger partial charge on any atom is -0.510 e. The summed E-state index contributed by atoms with van der Waals surface area (Å²) >= 11 is 0. The molecule has 0 aliphatic heterocycles. The van der Waals surface area contributed by atoms with Crippen LogP contribution in [-0.4, -0.2) is 18.3 Å². The highest BCUT2D eigenvalue weighted by molar-refractivity contribution is 4.85. The van der Waals surface area contributed by atoms with Crippen molar-refractivity contribution in [3.05, 3.63) is 12.3 Å². The van der Waals surface area contributed by atoms with Crippen molar-refractivity contribution < 1.29 is 9.84 Å². The van der Waals surface area contributed by atoms with Gasteiger partial charge >= 0.3 is 0 Å². The number of aliphatic hydroxyl groups excluding tert-OH is 1. The minimum absolute atomic E-state index is 0.0718. The fraction of sp³-hybridized carbons (Fsp3) is 0.600. The van der Waals surface area contributed by atoms with Crippen molar-refractivity contribution in [1.29, 1.82) is 0 Å². The third-order valence-electron chi connectivity index (χ3n) is 0.823. The lowest BCUT2D eigenvalue weighted by Gasteiger charge is -2.04. The molecule has 0 unspecified atom stereocenters. The van der Waals surface area contributed by atoms with Crippen LogP contribution in [0.2, 0.25) is 0 Å². The Kier molecular flexibility index (Phi) is 2.45. The fourth-order valence-corrected chi connectivity index (χ4v) is 0.136. The van der Waals surface area contributed by atoms with E-state index < -0.39 is 0 Å². The monoisotopic (exact) mass is 102 g/mol. The summed E-state index contributed by atoms with van der Waals surface area (Å²) in [6.45, 7) is 4.98. The van der Waals surface area contributed by atoms with Gasteiger partial charge in [-0.1, -0.05) is 6.58 Å². The molecule has 0 aromatic rings. The number of hydrogen-bond donors (Lipinski definition) is 1. The molecule has 0 aromatic carbocycles. The Morgan fingerprint density at radius 3 is 2.29 bits per heavy atom. The molecule has 2 nitrogen and oxygen atoms in total. The quantitative estimate of drug-likeness (QED) is 0.529. The third-order valence-corrected chi connectivity index (χ3v) is 0.823. The molecule has 0 heterocycles. The van der Waals surface area contributed by atoms with E-state index in [9.17, 15) is 0 Å². The van der Waals surface area contributed by atoms with Crippen molar-refractivity contribution in [2.24, 2.45) is 0 Å². The van der Waals surface area contributed by atoms with E-state index in [0.717, 1.165) is 0 Å². The maximum Gasteiger partial charge on any atom is 0.114 e. The third kappa shape index (κ3) is 2.23. The summed E-state index contributed by atoms with van der Waals surface area (Å²) < 4.78 is 4.66. The van der Waals surface area contributed by atoms with Gasteiger partial charge in [-0.15, -0.1) is 0 Å². The van der Waals surface area contributed by atoms with Crippen molar-refractivity contribution in [2.75, 3.05) is 7.11 Å². The maximum absolute atomic E-state index is 8.50. The molecule has 0 aromatic heterocycles. The average Bonchev–Trinajstić information content (AvgIpc) is 1.65. The number of ether oxygens (including phenoxy) is 1. The largest absolute Gasteiger partial charge is 0.510 e. The standard InChI is InChI=1S/C5H10O2/c1-4(6)5(2)7-3/h5-6H,1H2,2-3H3/t5-/m1/s1. The van der Waals surface area contributed by atoms with E-state index in [1.807, 2.05) is 0 Å². The van der Waals surface area contributed by atoms with Crippen LogP contribution >= 0.6 is 0 Å². The first-order chi connectivity index (χ1) is 3.18. The number of rotatable bonds is 2. The molecule has 0 aliphatic carbocycles. The molecule has 0 fully saturated rings. The van der Waals surface area contributed by atoms with E-state index in [4.69, 9.17) is 5.11 Å². The van der Waals surface area contributed by atoms with Gasteiger partial charge < -0.3 is 9.84 Å². The van der Waals surface area contributed by atoms with Gasteiger partial charge in [-0.3, -0.25) is 0 Å². The Morgan fingerprint density at radius 2 is 2.29 bits per heavy atom. The van der Waals surface area contributed by atoms with E-state index in [0.29, 0.717) is 0 Å². The Balaban J connectivity index is 3.34. The first kappa shape index (κ1) is 6.50. The molecule has 0 aliphatic rings. The molecule has 1 N–H and O–H groups in total. The summed E-state index contributed by atoms with van der Waals surface area (Å²) in [5.74, 6) is 0.0718. The highest BCUT2D eigenvalue weighted by Crippen LogP contribution is 1.95. The zero-order valence-electron chi connectivity index (χ0n) is 4.64. The van der Waals surface area contributed by atoms with Gasteiger partial charge in [0.05, 0.1) is 0 Å². The molecule has 7 heavy (non-hydrogen) atoms. The van der Waals surface area contributed by atoms with Crippen molar-refractivity contribution in [2.45, 2.75) is 13.0 Å². The molecule has 42 valence electrons. The zero-order chi connectivity index (χ0) is 5.86. The van der Waals surface area contributed by atoms with Gasteiger partial charge in [0.15, 0.2) is 0 Å². The van der Waals surface area contributed by atoms with Crippen molar-refractivity contribution in [3.63, 3.8) is 0 Å². The molecule has 0 bridgehead atoms. The second-order valence-corrected chi connectivity index (χ2v) is 1.37. The van der Waals surface area contributed by atoms with Crippen LogP contribution in [0.15, 0.2) is 12.3 Å². The molecular weight excluding hydrogens is 92.1 g/mol. The van der Waals surface area contributed by atoms with Crippen LogP contribution in [0.1, 0.15) is 6.92 Å². The van der Waals surface area contributed by atoms with Gasteiger partial charge in [-0.2, -0.15) is 0 Å². The van der Waals surface area contributed by atoms with Crippen LogP contribution in [0.3, 0.4) is 0 Å². The lowest BCUT2D eigenvalue weighted by atomic mass is 10.4. The summed E-state index contributed by atoms with van der Waals surface area (Å²) in [6.07, 6.45) is -0.236. The molecule has 0 amide bonds. The molecular formula is C5H10O2. The highest BCUT2D eigenvalue weighted by atomic mass is 16.5. The smallest absolute Gasteiger partial charge is 0.114 e. The number of aliphatic hydroxyl groups is 1. The molecule has 0 saturated heterocycles. The number of hydrogen-bond acceptors (Lipinski definition) is 2. The molecule has 0 spiro atoms. The Morgan fingerprint density at radius 1 is 1.86 bits per heavy atom. The second kappa shape index (κ2) is 2.64. The lowest BCUT2D eigenvalue weighted by Crippen LogP contribution is -2.05. The normalized spacial score (nSPS) is 13.4. The van der Waals surface area contributed by atoms with Crippen molar-refractivity contribution in [3.8, 4) is 0 Å². The topological polar surface area (TPSA) is 29.5 Å². The minimum atomic E-state index is -0.236. The molecule has 2 heteroatoms. The molecule has 0 saturated carbocycles. The maximum atomic E-state index is 8.50. The Labute approximate surface area is 43.4 Å². The van der Waals surface area contributed by atoms with E-state index >= 15 is 0 Å². The van der Waals surface area contributed by atoms with Gasteiger partial charge in [-0.05, 0) is 6.92 Å². The van der Waals surface area contributed by atoms with Gasteiger partial charge in [0.25, 0.3) is 0 Å². The van der Waals surface area contributed by atoms with Crippen LogP contribution in [0, 0.1) is 0 Å². The summed E-state index contributed by atoms with van der Waals surface area (Å²) in [5, 5.41) is 8.50. The van der Waals surface area contributed by atoms with Crippen molar-refractivity contribution >= 4 is 0 Å². The predicted octanol–water partition coefficient (Wildman–Crippen LogP) is 1.09. The van der Waals surface area contributed by atoms with Gasteiger partial charge in [0.1, 0.15) is 11.9 Å². The Hall–Kier alpha value is -0.500. The first-order valence-electron chi connectivity index (χ1n) is 2.09. The lowest BCUT2D eigenvalue weighted by molar-refractivity contribution is 0.108. The van der Waals surface area contributed by atoms with E-state index in [-0.39, 0.29) is 11.9 Å². The zero-order valence-corrected chi connectivity index (χ0v) is 4.64. The SMILES string of the molecule is C=C(O)[C@@H](C)OC. The molecule has 1 atom stereocenters. The van der Waals surface area contributed by atoms with Crippen molar-refractivity contribution in [1.82, 2.24) is 0 Å². The highest BCUT2D eigenvalue weighted by Gasteiger charge is 1.98. The average molecular weight is 102 g/mol. The molecule has 0 rings (SSSR count). The first-order valence-corrected chi connectivity index (χ1v) is 2.09.